The number of aliphatic carboxylic acids is 1. The summed E-state index contributed by atoms with van der Waals surface area (Å²) in [6.07, 6.45) is 3.23. The normalized spacial score (nSPS) is 11.9. The second kappa shape index (κ2) is 6.14. The van der Waals surface area contributed by atoms with Gasteiger partial charge < -0.3 is 10.0 Å². The maximum absolute atomic E-state index is 11.0. The molecule has 2 rings (SSSR count). The molecule has 2 aromatic rings. The minimum absolute atomic E-state index is 0.395. The lowest BCUT2D eigenvalue weighted by molar-refractivity contribution is -0.140. The van der Waals surface area contributed by atoms with Crippen LogP contribution in [0, 0.1) is 5.92 Å². The van der Waals surface area contributed by atoms with Crippen LogP contribution in [-0.2, 0) is 4.79 Å². The fourth-order valence-electron chi connectivity index (χ4n) is 2.02. The van der Waals surface area contributed by atoms with Crippen LogP contribution in [-0.4, -0.2) is 34.6 Å². The van der Waals surface area contributed by atoms with E-state index in [1.165, 1.54) is 6.33 Å². The monoisotopic (exact) mass is 271 g/mol. The summed E-state index contributed by atoms with van der Waals surface area (Å²) in [5.74, 6) is -0.537. The third kappa shape index (κ3) is 3.12. The summed E-state index contributed by atoms with van der Waals surface area (Å²) in [6.45, 7) is 2.08. The van der Waals surface area contributed by atoms with E-state index in [4.69, 9.17) is 5.11 Å². The number of carbonyl (C=O) groups is 1. The highest BCUT2D eigenvalue weighted by atomic mass is 16.4. The van der Waals surface area contributed by atoms with E-state index in [2.05, 4.69) is 9.97 Å². The zero-order chi connectivity index (χ0) is 14.5. The molecule has 1 heterocycles. The summed E-state index contributed by atoms with van der Waals surface area (Å²) in [6, 6.07) is 9.81. The lowest BCUT2D eigenvalue weighted by Gasteiger charge is -2.22. The number of aromatic nitrogens is 2. The van der Waals surface area contributed by atoms with Crippen molar-refractivity contribution >= 4 is 11.8 Å². The predicted molar refractivity (Wildman–Crippen MR) is 77.5 cm³/mol. The molecule has 1 atom stereocenters. The summed E-state index contributed by atoms with van der Waals surface area (Å²) >= 11 is 0. The van der Waals surface area contributed by atoms with Crippen molar-refractivity contribution in [1.29, 1.82) is 0 Å². The Labute approximate surface area is 117 Å². The number of anilines is 1. The quantitative estimate of drug-likeness (QED) is 0.903. The first-order valence-corrected chi connectivity index (χ1v) is 6.39. The zero-order valence-electron chi connectivity index (χ0n) is 11.5. The Morgan fingerprint density at radius 3 is 2.70 bits per heavy atom. The molecule has 0 aliphatic heterocycles. The Morgan fingerprint density at radius 2 is 2.05 bits per heavy atom. The first-order valence-electron chi connectivity index (χ1n) is 6.39. The van der Waals surface area contributed by atoms with Crippen molar-refractivity contribution in [2.45, 2.75) is 6.92 Å². The Kier molecular flexibility index (Phi) is 4.30. The van der Waals surface area contributed by atoms with Crippen LogP contribution >= 0.6 is 0 Å². The molecule has 0 saturated heterocycles. The van der Waals surface area contributed by atoms with Gasteiger partial charge in [0.1, 0.15) is 12.1 Å². The predicted octanol–water partition coefficient (Wildman–Crippen LogP) is 2.30. The summed E-state index contributed by atoms with van der Waals surface area (Å²) < 4.78 is 0. The smallest absolute Gasteiger partial charge is 0.308 e. The van der Waals surface area contributed by atoms with Crippen molar-refractivity contribution in [3.63, 3.8) is 0 Å². The van der Waals surface area contributed by atoms with Gasteiger partial charge in [-0.1, -0.05) is 37.3 Å². The van der Waals surface area contributed by atoms with Gasteiger partial charge >= 0.3 is 5.97 Å². The van der Waals surface area contributed by atoms with Gasteiger partial charge in [-0.15, -0.1) is 0 Å². The third-order valence-corrected chi connectivity index (χ3v) is 3.11. The molecule has 20 heavy (non-hydrogen) atoms. The molecule has 5 heteroatoms. The molecule has 104 valence electrons. The van der Waals surface area contributed by atoms with Gasteiger partial charge in [-0.25, -0.2) is 9.97 Å². The molecule has 0 bridgehead atoms. The van der Waals surface area contributed by atoms with Crippen LogP contribution in [0.15, 0.2) is 42.9 Å². The Balaban J connectivity index is 2.31. The van der Waals surface area contributed by atoms with Gasteiger partial charge in [-0.2, -0.15) is 0 Å². The second-order valence-corrected chi connectivity index (χ2v) is 4.75. The fraction of sp³-hybridized carbons (Fsp3) is 0.267. The van der Waals surface area contributed by atoms with E-state index in [9.17, 15) is 4.79 Å². The van der Waals surface area contributed by atoms with E-state index < -0.39 is 11.9 Å². The highest BCUT2D eigenvalue weighted by Crippen LogP contribution is 2.27. The highest BCUT2D eigenvalue weighted by molar-refractivity contribution is 5.75. The standard InChI is InChI=1S/C15H17N3O2/c1-11(15(19)20)9-18(2)14-13(8-16-10-17-14)12-6-4-3-5-7-12/h3-8,10-11H,9H2,1-2H3,(H,19,20). The number of carboxylic acids is 1. The van der Waals surface area contributed by atoms with Crippen LogP contribution in [0.1, 0.15) is 6.92 Å². The topological polar surface area (TPSA) is 66.3 Å². The van der Waals surface area contributed by atoms with Gasteiger partial charge in [-0.05, 0) is 5.56 Å². The number of hydrogen-bond acceptors (Lipinski definition) is 4. The molecule has 0 amide bonds. The van der Waals surface area contributed by atoms with Crippen molar-refractivity contribution in [3.05, 3.63) is 42.9 Å². The van der Waals surface area contributed by atoms with Crippen molar-refractivity contribution in [2.75, 3.05) is 18.5 Å². The van der Waals surface area contributed by atoms with Gasteiger partial charge in [0.15, 0.2) is 0 Å². The van der Waals surface area contributed by atoms with Gasteiger partial charge in [0, 0.05) is 25.4 Å². The summed E-state index contributed by atoms with van der Waals surface area (Å²) in [7, 11) is 1.84. The van der Waals surface area contributed by atoms with E-state index >= 15 is 0 Å². The molecule has 5 nitrogen and oxygen atoms in total. The average Bonchev–Trinajstić information content (AvgIpc) is 2.48. The zero-order valence-corrected chi connectivity index (χ0v) is 11.5. The Morgan fingerprint density at radius 1 is 1.35 bits per heavy atom. The molecule has 1 unspecified atom stereocenters. The molecule has 0 fully saturated rings. The lowest BCUT2D eigenvalue weighted by atomic mass is 10.1. The van der Waals surface area contributed by atoms with Crippen molar-refractivity contribution in [1.82, 2.24) is 9.97 Å². The molecule has 0 spiro atoms. The van der Waals surface area contributed by atoms with E-state index in [1.807, 2.05) is 42.3 Å². The van der Waals surface area contributed by atoms with Crippen LogP contribution in [0.5, 0.6) is 0 Å². The van der Waals surface area contributed by atoms with Crippen LogP contribution in [0.3, 0.4) is 0 Å². The second-order valence-electron chi connectivity index (χ2n) is 4.75. The van der Waals surface area contributed by atoms with E-state index in [0.717, 1.165) is 16.9 Å². The SMILES string of the molecule is CC(CN(C)c1ncncc1-c1ccccc1)C(=O)O. The van der Waals surface area contributed by atoms with Gasteiger partial charge in [0.2, 0.25) is 0 Å². The summed E-state index contributed by atoms with van der Waals surface area (Å²) in [5, 5.41) is 9.00. The molecule has 1 aromatic heterocycles. The minimum Gasteiger partial charge on any atom is -0.481 e. The van der Waals surface area contributed by atoms with E-state index in [0.29, 0.717) is 6.54 Å². The number of hydrogen-bond donors (Lipinski definition) is 1. The van der Waals surface area contributed by atoms with Gasteiger partial charge in [0.25, 0.3) is 0 Å². The summed E-state index contributed by atoms with van der Waals surface area (Å²) in [4.78, 5) is 21.2. The minimum atomic E-state index is -0.813. The molecular weight excluding hydrogens is 254 g/mol. The number of benzene rings is 1. The van der Waals surface area contributed by atoms with Crippen molar-refractivity contribution in [3.8, 4) is 11.1 Å². The Bertz CT molecular complexity index is 587. The van der Waals surface area contributed by atoms with E-state index in [-0.39, 0.29) is 0 Å². The van der Waals surface area contributed by atoms with E-state index in [1.54, 1.807) is 13.1 Å². The van der Waals surface area contributed by atoms with Gasteiger partial charge in [-0.3, -0.25) is 4.79 Å². The molecule has 0 aliphatic carbocycles. The van der Waals surface area contributed by atoms with Crippen LogP contribution in [0.2, 0.25) is 0 Å². The number of nitrogens with zero attached hydrogens (tertiary/aromatic N) is 3. The molecule has 0 aliphatic rings. The van der Waals surface area contributed by atoms with Crippen LogP contribution in [0.25, 0.3) is 11.1 Å². The van der Waals surface area contributed by atoms with Gasteiger partial charge in [0.05, 0.1) is 5.92 Å². The molecule has 1 N–H and O–H groups in total. The average molecular weight is 271 g/mol. The molecule has 0 saturated carbocycles. The lowest BCUT2D eigenvalue weighted by Crippen LogP contribution is -2.29. The number of rotatable bonds is 5. The van der Waals surface area contributed by atoms with Crippen molar-refractivity contribution in [2.24, 2.45) is 5.92 Å². The van der Waals surface area contributed by atoms with Crippen LogP contribution < -0.4 is 4.90 Å². The maximum atomic E-state index is 11.0. The first kappa shape index (κ1) is 14.0. The maximum Gasteiger partial charge on any atom is 0.308 e. The number of carboxylic acid groups (broad SMARTS) is 1. The largest absolute Gasteiger partial charge is 0.481 e. The third-order valence-electron chi connectivity index (χ3n) is 3.11. The highest BCUT2D eigenvalue weighted by Gasteiger charge is 2.17. The van der Waals surface area contributed by atoms with Crippen molar-refractivity contribution < 1.29 is 9.90 Å². The summed E-state index contributed by atoms with van der Waals surface area (Å²) in [5.41, 5.74) is 1.91. The first-order chi connectivity index (χ1) is 9.59. The molecule has 0 radical (unpaired) electrons. The van der Waals surface area contributed by atoms with Crippen LogP contribution in [0.4, 0.5) is 5.82 Å². The molecule has 1 aromatic carbocycles. The molecular formula is C15H17N3O2. The fourth-order valence-corrected chi connectivity index (χ4v) is 2.02. The Hall–Kier alpha value is -2.43.